The molecule has 1 unspecified atom stereocenters. The van der Waals surface area contributed by atoms with Gasteiger partial charge in [-0.3, -0.25) is 4.79 Å². The van der Waals surface area contributed by atoms with E-state index in [0.29, 0.717) is 18.4 Å². The van der Waals surface area contributed by atoms with E-state index in [9.17, 15) is 4.79 Å². The van der Waals surface area contributed by atoms with E-state index in [4.69, 9.17) is 0 Å². The second-order valence-corrected chi connectivity index (χ2v) is 7.74. The van der Waals surface area contributed by atoms with Gasteiger partial charge in [-0.15, -0.1) is 0 Å². The van der Waals surface area contributed by atoms with Gasteiger partial charge in [-0.25, -0.2) is 4.99 Å². The Morgan fingerprint density at radius 3 is 2.31 bits per heavy atom. The molecule has 1 aromatic rings. The Bertz CT molecular complexity index is 563. The summed E-state index contributed by atoms with van der Waals surface area (Å²) in [4.78, 5) is 16.4. The zero-order valence-electron chi connectivity index (χ0n) is 17.0. The van der Waals surface area contributed by atoms with Gasteiger partial charge in [-0.1, -0.05) is 32.0 Å². The molecule has 146 valence electrons. The largest absolute Gasteiger partial charge is 0.380 e. The first-order chi connectivity index (χ1) is 12.2. The maximum Gasteiger partial charge on any atom is 0.242 e. The van der Waals surface area contributed by atoms with Crippen molar-refractivity contribution in [3.63, 3.8) is 0 Å². The van der Waals surface area contributed by atoms with Crippen LogP contribution >= 0.6 is 0 Å². The van der Waals surface area contributed by atoms with Crippen molar-refractivity contribution in [2.24, 2.45) is 10.9 Å². The summed E-state index contributed by atoms with van der Waals surface area (Å²) in [5, 5.41) is 13.0. The minimum atomic E-state index is -0.249. The molecular weight excluding hydrogens is 326 g/mol. The van der Waals surface area contributed by atoms with Crippen LogP contribution in [0.25, 0.3) is 0 Å². The number of carbonyl (C=O) groups is 1. The summed E-state index contributed by atoms with van der Waals surface area (Å²) in [6, 6.07) is 10.4. The molecule has 0 fully saturated rings. The van der Waals surface area contributed by atoms with Crippen LogP contribution in [0.4, 0.5) is 5.69 Å². The van der Waals surface area contributed by atoms with Crippen LogP contribution in [0.2, 0.25) is 0 Å². The SMILES string of the molecule is CCNC(=NCC(=O)NC(C)(C)C)NCC(Nc1ccccc1)C(C)C. The number of nitrogens with one attached hydrogen (secondary N) is 4. The lowest BCUT2D eigenvalue weighted by molar-refractivity contribution is -0.121. The zero-order valence-corrected chi connectivity index (χ0v) is 17.0. The van der Waals surface area contributed by atoms with Crippen molar-refractivity contribution in [1.82, 2.24) is 16.0 Å². The fraction of sp³-hybridized carbons (Fsp3) is 0.600. The monoisotopic (exact) mass is 361 g/mol. The van der Waals surface area contributed by atoms with E-state index in [1.165, 1.54) is 0 Å². The number of hydrogen-bond acceptors (Lipinski definition) is 3. The second kappa shape index (κ2) is 10.7. The average Bonchev–Trinajstić information content (AvgIpc) is 2.55. The van der Waals surface area contributed by atoms with Crippen LogP contribution in [0.5, 0.6) is 0 Å². The lowest BCUT2D eigenvalue weighted by Crippen LogP contribution is -2.46. The summed E-state index contributed by atoms with van der Waals surface area (Å²) >= 11 is 0. The van der Waals surface area contributed by atoms with Crippen molar-refractivity contribution in [2.45, 2.75) is 53.1 Å². The molecule has 1 aromatic carbocycles. The standard InChI is InChI=1S/C20H35N5O/c1-7-21-19(23-14-18(26)25-20(4,5)6)22-13-17(15(2)3)24-16-11-9-8-10-12-16/h8-12,15,17,24H,7,13-14H2,1-6H3,(H,25,26)(H2,21,22,23). The number of anilines is 1. The van der Waals surface area contributed by atoms with Gasteiger partial charge in [0, 0.05) is 30.4 Å². The quantitative estimate of drug-likeness (QED) is 0.424. The lowest BCUT2D eigenvalue weighted by atomic mass is 10.0. The highest BCUT2D eigenvalue weighted by Gasteiger charge is 2.15. The molecule has 1 amide bonds. The molecule has 0 aliphatic rings. The first kappa shape index (κ1) is 21.8. The fourth-order valence-corrected chi connectivity index (χ4v) is 2.36. The van der Waals surface area contributed by atoms with Crippen LogP contribution in [0.3, 0.4) is 0 Å². The van der Waals surface area contributed by atoms with E-state index in [-0.39, 0.29) is 24.0 Å². The molecule has 0 radical (unpaired) electrons. The first-order valence-electron chi connectivity index (χ1n) is 9.36. The molecule has 1 atom stereocenters. The van der Waals surface area contributed by atoms with Gasteiger partial charge in [0.1, 0.15) is 6.54 Å². The highest BCUT2D eigenvalue weighted by molar-refractivity contribution is 5.85. The minimum Gasteiger partial charge on any atom is -0.380 e. The molecular formula is C20H35N5O. The van der Waals surface area contributed by atoms with E-state index >= 15 is 0 Å². The van der Waals surface area contributed by atoms with Gasteiger partial charge >= 0.3 is 0 Å². The van der Waals surface area contributed by atoms with E-state index in [1.54, 1.807) is 0 Å². The lowest BCUT2D eigenvalue weighted by Gasteiger charge is -2.25. The Balaban J connectivity index is 2.63. The summed E-state index contributed by atoms with van der Waals surface area (Å²) in [5.41, 5.74) is 0.847. The van der Waals surface area contributed by atoms with E-state index in [2.05, 4.69) is 52.2 Å². The Kier molecular flexibility index (Phi) is 8.96. The van der Waals surface area contributed by atoms with Crippen molar-refractivity contribution in [3.8, 4) is 0 Å². The van der Waals surface area contributed by atoms with E-state index in [0.717, 1.165) is 12.2 Å². The summed E-state index contributed by atoms with van der Waals surface area (Å²) in [5.74, 6) is 1.00. The Morgan fingerprint density at radius 1 is 1.12 bits per heavy atom. The summed E-state index contributed by atoms with van der Waals surface area (Å²) < 4.78 is 0. The topological polar surface area (TPSA) is 77.5 Å². The van der Waals surface area contributed by atoms with Crippen LogP contribution in [0.1, 0.15) is 41.5 Å². The number of hydrogen-bond donors (Lipinski definition) is 4. The Labute approximate surface area is 158 Å². The zero-order chi connectivity index (χ0) is 19.6. The van der Waals surface area contributed by atoms with Gasteiger partial charge in [0.05, 0.1) is 0 Å². The third-order valence-electron chi connectivity index (χ3n) is 3.66. The van der Waals surface area contributed by atoms with Gasteiger partial charge in [-0.05, 0) is 45.7 Å². The second-order valence-electron chi connectivity index (χ2n) is 7.74. The smallest absolute Gasteiger partial charge is 0.242 e. The van der Waals surface area contributed by atoms with Gasteiger partial charge in [0.15, 0.2) is 5.96 Å². The Morgan fingerprint density at radius 2 is 1.77 bits per heavy atom. The summed E-state index contributed by atoms with van der Waals surface area (Å²) in [6.45, 7) is 13.8. The van der Waals surface area contributed by atoms with Crippen molar-refractivity contribution < 1.29 is 4.79 Å². The summed E-state index contributed by atoms with van der Waals surface area (Å²) in [7, 11) is 0. The number of carbonyl (C=O) groups excluding carboxylic acids is 1. The fourth-order valence-electron chi connectivity index (χ4n) is 2.36. The van der Waals surface area contributed by atoms with Crippen LogP contribution in [-0.4, -0.2) is 43.1 Å². The van der Waals surface area contributed by atoms with Crippen LogP contribution in [0.15, 0.2) is 35.3 Å². The third-order valence-corrected chi connectivity index (χ3v) is 3.66. The molecule has 6 nitrogen and oxygen atoms in total. The number of amides is 1. The predicted molar refractivity (Wildman–Crippen MR) is 111 cm³/mol. The maximum absolute atomic E-state index is 12.0. The summed E-state index contributed by atoms with van der Waals surface area (Å²) in [6.07, 6.45) is 0. The highest BCUT2D eigenvalue weighted by atomic mass is 16.2. The number of benzene rings is 1. The van der Waals surface area contributed by atoms with Crippen molar-refractivity contribution in [2.75, 3.05) is 25.0 Å². The molecule has 0 aliphatic carbocycles. The molecule has 0 saturated heterocycles. The van der Waals surface area contributed by atoms with Crippen LogP contribution in [0, 0.1) is 5.92 Å². The number of guanidine groups is 1. The molecule has 0 bridgehead atoms. The number of para-hydroxylation sites is 1. The highest BCUT2D eigenvalue weighted by Crippen LogP contribution is 2.11. The van der Waals surface area contributed by atoms with E-state index in [1.807, 2.05) is 45.9 Å². The Hall–Kier alpha value is -2.24. The molecule has 6 heteroatoms. The number of aliphatic imine (C=N–C) groups is 1. The number of rotatable bonds is 8. The molecule has 1 rings (SSSR count). The number of nitrogens with zero attached hydrogens (tertiary/aromatic N) is 1. The predicted octanol–water partition coefficient (Wildman–Crippen LogP) is 2.59. The van der Waals surface area contributed by atoms with Gasteiger partial charge in [0.25, 0.3) is 0 Å². The minimum absolute atomic E-state index is 0.0856. The maximum atomic E-state index is 12.0. The molecule has 0 saturated carbocycles. The molecule has 0 aliphatic heterocycles. The van der Waals surface area contributed by atoms with Crippen LogP contribution < -0.4 is 21.3 Å². The molecule has 0 heterocycles. The van der Waals surface area contributed by atoms with E-state index < -0.39 is 0 Å². The molecule has 0 aromatic heterocycles. The molecule has 26 heavy (non-hydrogen) atoms. The molecule has 0 spiro atoms. The first-order valence-corrected chi connectivity index (χ1v) is 9.36. The van der Waals surface area contributed by atoms with Crippen molar-refractivity contribution in [3.05, 3.63) is 30.3 Å². The third kappa shape index (κ3) is 9.30. The van der Waals surface area contributed by atoms with Crippen LogP contribution in [-0.2, 0) is 4.79 Å². The van der Waals surface area contributed by atoms with Gasteiger partial charge < -0.3 is 21.3 Å². The normalized spacial score (nSPS) is 13.3. The van der Waals surface area contributed by atoms with Gasteiger partial charge in [0.2, 0.25) is 5.91 Å². The van der Waals surface area contributed by atoms with Crippen molar-refractivity contribution >= 4 is 17.6 Å². The average molecular weight is 362 g/mol. The van der Waals surface area contributed by atoms with Crippen molar-refractivity contribution in [1.29, 1.82) is 0 Å². The molecule has 4 N–H and O–H groups in total. The van der Waals surface area contributed by atoms with Gasteiger partial charge in [-0.2, -0.15) is 0 Å².